The maximum absolute atomic E-state index is 11.9. The summed E-state index contributed by atoms with van der Waals surface area (Å²) in [6.07, 6.45) is 4.09. The second-order valence-corrected chi connectivity index (χ2v) is 7.30. The second kappa shape index (κ2) is 6.69. The van der Waals surface area contributed by atoms with Crippen LogP contribution >= 0.6 is 0 Å². The largest absolute Gasteiger partial charge is 0.361 e. The number of hydrogen-bond donors (Lipinski definition) is 2. The first kappa shape index (κ1) is 15.5. The zero-order valence-corrected chi connectivity index (χ0v) is 12.9. The van der Waals surface area contributed by atoms with Crippen LogP contribution < -0.4 is 10.0 Å². The van der Waals surface area contributed by atoms with Crippen LogP contribution in [0, 0.1) is 13.8 Å². The fourth-order valence-electron chi connectivity index (χ4n) is 2.02. The maximum atomic E-state index is 11.9. The van der Waals surface area contributed by atoms with Crippen molar-refractivity contribution in [3.63, 3.8) is 0 Å². The molecule has 114 valence electrons. The average molecular weight is 301 g/mol. The molecule has 0 spiro atoms. The Labute approximate surface area is 120 Å². The lowest BCUT2D eigenvalue weighted by Crippen LogP contribution is -2.27. The summed E-state index contributed by atoms with van der Waals surface area (Å²) in [6, 6.07) is 0.685. The van der Waals surface area contributed by atoms with Gasteiger partial charge in [-0.15, -0.1) is 0 Å². The molecule has 0 amide bonds. The van der Waals surface area contributed by atoms with E-state index in [1.807, 2.05) is 6.92 Å². The second-order valence-electron chi connectivity index (χ2n) is 5.38. The van der Waals surface area contributed by atoms with Crippen molar-refractivity contribution in [3.05, 3.63) is 17.0 Å². The van der Waals surface area contributed by atoms with Crippen molar-refractivity contribution in [2.45, 2.75) is 52.1 Å². The van der Waals surface area contributed by atoms with Crippen LogP contribution in [-0.4, -0.2) is 31.9 Å². The number of nitrogens with zero attached hydrogens (tertiary/aromatic N) is 1. The molecule has 2 N–H and O–H groups in total. The first-order valence-corrected chi connectivity index (χ1v) is 8.75. The van der Waals surface area contributed by atoms with Gasteiger partial charge in [-0.25, -0.2) is 13.1 Å². The van der Waals surface area contributed by atoms with Crippen molar-refractivity contribution in [1.82, 2.24) is 15.2 Å². The van der Waals surface area contributed by atoms with Crippen molar-refractivity contribution in [3.8, 4) is 0 Å². The van der Waals surface area contributed by atoms with Crippen LogP contribution in [0.3, 0.4) is 0 Å². The molecule has 7 heteroatoms. The van der Waals surface area contributed by atoms with Gasteiger partial charge < -0.3 is 9.84 Å². The highest BCUT2D eigenvalue weighted by Crippen LogP contribution is 2.18. The molecular weight excluding hydrogens is 278 g/mol. The Balaban J connectivity index is 1.67. The third-order valence-corrected chi connectivity index (χ3v) is 4.91. The summed E-state index contributed by atoms with van der Waals surface area (Å²) in [5, 5.41) is 7.18. The van der Waals surface area contributed by atoms with E-state index in [0.29, 0.717) is 18.2 Å². The predicted molar refractivity (Wildman–Crippen MR) is 76.9 cm³/mol. The topological polar surface area (TPSA) is 84.2 Å². The third kappa shape index (κ3) is 4.88. The first-order valence-electron chi connectivity index (χ1n) is 7.10. The summed E-state index contributed by atoms with van der Waals surface area (Å²) >= 11 is 0. The molecule has 0 bridgehead atoms. The molecule has 0 unspecified atom stereocenters. The van der Waals surface area contributed by atoms with Gasteiger partial charge in [0, 0.05) is 18.2 Å². The van der Waals surface area contributed by atoms with E-state index < -0.39 is 10.0 Å². The Hall–Kier alpha value is -0.920. The van der Waals surface area contributed by atoms with Crippen LogP contribution in [0.25, 0.3) is 0 Å². The van der Waals surface area contributed by atoms with Crippen molar-refractivity contribution in [2.75, 3.05) is 12.3 Å². The molecule has 20 heavy (non-hydrogen) atoms. The van der Waals surface area contributed by atoms with E-state index in [-0.39, 0.29) is 12.3 Å². The van der Waals surface area contributed by atoms with Crippen molar-refractivity contribution < 1.29 is 12.9 Å². The predicted octanol–water partition coefficient (Wildman–Crippen LogP) is 1.24. The van der Waals surface area contributed by atoms with Crippen LogP contribution in [0.15, 0.2) is 4.52 Å². The number of sulfonamides is 1. The Morgan fingerprint density at radius 3 is 2.65 bits per heavy atom. The fourth-order valence-corrected chi connectivity index (χ4v) is 3.11. The highest BCUT2D eigenvalue weighted by Gasteiger charge is 2.19. The van der Waals surface area contributed by atoms with Gasteiger partial charge in [0.25, 0.3) is 0 Å². The third-order valence-electron chi connectivity index (χ3n) is 3.50. The molecular formula is C13H23N3O3S. The van der Waals surface area contributed by atoms with E-state index in [9.17, 15) is 8.42 Å². The van der Waals surface area contributed by atoms with E-state index in [0.717, 1.165) is 24.2 Å². The van der Waals surface area contributed by atoms with Gasteiger partial charge in [0.1, 0.15) is 5.76 Å². The quantitative estimate of drug-likeness (QED) is 0.670. The van der Waals surface area contributed by atoms with Gasteiger partial charge in [-0.2, -0.15) is 0 Å². The first-order chi connectivity index (χ1) is 9.48. The molecule has 0 aromatic carbocycles. The molecule has 1 aliphatic carbocycles. The van der Waals surface area contributed by atoms with Gasteiger partial charge in [0.05, 0.1) is 11.4 Å². The monoisotopic (exact) mass is 301 g/mol. The Bertz CT molecular complexity index is 516. The van der Waals surface area contributed by atoms with Crippen molar-refractivity contribution in [2.24, 2.45) is 0 Å². The van der Waals surface area contributed by atoms with Crippen molar-refractivity contribution in [1.29, 1.82) is 0 Å². The molecule has 1 aromatic rings. The number of rotatable bonds is 9. The zero-order valence-electron chi connectivity index (χ0n) is 12.1. The lowest BCUT2D eigenvalue weighted by atomic mass is 10.2. The number of unbranched alkanes of at least 4 members (excludes halogenated alkanes) is 1. The van der Waals surface area contributed by atoms with E-state index in [2.05, 4.69) is 15.2 Å². The standard InChI is InChI=1S/C13H23N3O3S/c1-10-13(11(2)19-16-10)9-15-20(17,18)8-4-3-7-14-12-5-6-12/h12,14-15H,3-9H2,1-2H3. The normalized spacial score (nSPS) is 15.7. The summed E-state index contributed by atoms with van der Waals surface area (Å²) in [5.41, 5.74) is 1.56. The average Bonchev–Trinajstić information content (AvgIpc) is 3.14. The summed E-state index contributed by atoms with van der Waals surface area (Å²) in [6.45, 7) is 4.75. The molecule has 1 saturated carbocycles. The Morgan fingerprint density at radius 2 is 2.05 bits per heavy atom. The minimum absolute atomic E-state index is 0.169. The SMILES string of the molecule is Cc1noc(C)c1CNS(=O)(=O)CCCCNC1CC1. The van der Waals surface area contributed by atoms with E-state index >= 15 is 0 Å². The lowest BCUT2D eigenvalue weighted by Gasteiger charge is -2.07. The number of hydrogen-bond acceptors (Lipinski definition) is 5. The highest BCUT2D eigenvalue weighted by atomic mass is 32.2. The molecule has 0 radical (unpaired) electrons. The Morgan fingerprint density at radius 1 is 1.30 bits per heavy atom. The summed E-state index contributed by atoms with van der Waals surface area (Å²) in [7, 11) is -3.22. The molecule has 1 fully saturated rings. The van der Waals surface area contributed by atoms with Gasteiger partial charge in [0.15, 0.2) is 0 Å². The van der Waals surface area contributed by atoms with Crippen LogP contribution in [0.5, 0.6) is 0 Å². The molecule has 6 nitrogen and oxygen atoms in total. The number of nitrogens with one attached hydrogen (secondary N) is 2. The van der Waals surface area contributed by atoms with Gasteiger partial charge in [-0.3, -0.25) is 0 Å². The van der Waals surface area contributed by atoms with Gasteiger partial charge in [-0.05, 0) is 46.1 Å². The molecule has 0 atom stereocenters. The summed E-state index contributed by atoms with van der Waals surface area (Å²) < 4.78 is 31.4. The van der Waals surface area contributed by atoms with E-state index in [4.69, 9.17) is 4.52 Å². The fraction of sp³-hybridized carbons (Fsp3) is 0.769. The van der Waals surface area contributed by atoms with Crippen LogP contribution in [0.4, 0.5) is 0 Å². The maximum Gasteiger partial charge on any atom is 0.211 e. The lowest BCUT2D eigenvalue weighted by molar-refractivity contribution is 0.392. The molecule has 0 saturated heterocycles. The van der Waals surface area contributed by atoms with E-state index in [1.165, 1.54) is 12.8 Å². The summed E-state index contributed by atoms with van der Waals surface area (Å²) in [5.74, 6) is 0.835. The number of aryl methyl sites for hydroxylation is 2. The Kier molecular flexibility index (Phi) is 5.17. The number of aromatic nitrogens is 1. The minimum Gasteiger partial charge on any atom is -0.361 e. The smallest absolute Gasteiger partial charge is 0.211 e. The van der Waals surface area contributed by atoms with Gasteiger partial charge >= 0.3 is 0 Å². The van der Waals surface area contributed by atoms with Gasteiger partial charge in [0.2, 0.25) is 10.0 Å². The van der Waals surface area contributed by atoms with Crippen LogP contribution in [0.1, 0.15) is 42.7 Å². The molecule has 1 aromatic heterocycles. The minimum atomic E-state index is -3.22. The zero-order chi connectivity index (χ0) is 14.6. The molecule has 0 aliphatic heterocycles. The van der Waals surface area contributed by atoms with Crippen LogP contribution in [-0.2, 0) is 16.6 Å². The molecule has 2 rings (SSSR count). The van der Waals surface area contributed by atoms with Gasteiger partial charge in [-0.1, -0.05) is 5.16 Å². The van der Waals surface area contributed by atoms with Crippen LogP contribution in [0.2, 0.25) is 0 Å². The van der Waals surface area contributed by atoms with E-state index in [1.54, 1.807) is 6.92 Å². The molecule has 1 aliphatic rings. The highest BCUT2D eigenvalue weighted by molar-refractivity contribution is 7.89. The molecule has 1 heterocycles. The summed E-state index contributed by atoms with van der Waals surface area (Å²) in [4.78, 5) is 0. The van der Waals surface area contributed by atoms with Crippen molar-refractivity contribution >= 4 is 10.0 Å².